The number of aromatic nitrogens is 2. The molecule has 1 aromatic carbocycles. The summed E-state index contributed by atoms with van der Waals surface area (Å²) < 4.78 is 8.43. The first-order chi connectivity index (χ1) is 7.72. The van der Waals surface area contributed by atoms with Gasteiger partial charge >= 0.3 is 6.01 Å². The molecule has 2 rings (SSSR count). The first-order valence-corrected chi connectivity index (χ1v) is 6.03. The number of rotatable bonds is 3. The third-order valence-corrected chi connectivity index (χ3v) is 3.07. The van der Waals surface area contributed by atoms with Crippen molar-refractivity contribution in [2.75, 3.05) is 0 Å². The fourth-order valence-electron chi connectivity index (χ4n) is 1.33. The van der Waals surface area contributed by atoms with Crippen LogP contribution in [0.2, 0.25) is 5.02 Å². The standard InChI is InChI=1S/C11H10BrClN2O/c1-2-15-10(12)7-14-11(15)16-9-6-4-3-5-8(9)13/h3-7H,2H2,1H3. The van der Waals surface area contributed by atoms with Crippen LogP contribution in [0.4, 0.5) is 0 Å². The highest BCUT2D eigenvalue weighted by molar-refractivity contribution is 9.10. The number of hydrogen-bond acceptors (Lipinski definition) is 2. The van der Waals surface area contributed by atoms with E-state index in [1.807, 2.05) is 29.7 Å². The quantitative estimate of drug-likeness (QED) is 0.853. The maximum absolute atomic E-state index is 6.00. The molecule has 5 heteroatoms. The molecule has 84 valence electrons. The zero-order chi connectivity index (χ0) is 11.5. The van der Waals surface area contributed by atoms with E-state index >= 15 is 0 Å². The number of imidazole rings is 1. The molecule has 0 fully saturated rings. The molecular weight excluding hydrogens is 291 g/mol. The van der Waals surface area contributed by atoms with Crippen molar-refractivity contribution in [3.63, 3.8) is 0 Å². The molecule has 0 saturated heterocycles. The molecule has 0 radical (unpaired) electrons. The van der Waals surface area contributed by atoms with Gasteiger partial charge in [-0.05, 0) is 35.0 Å². The summed E-state index contributed by atoms with van der Waals surface area (Å²) >= 11 is 9.40. The first-order valence-electron chi connectivity index (χ1n) is 4.85. The topological polar surface area (TPSA) is 27.1 Å². The summed E-state index contributed by atoms with van der Waals surface area (Å²) in [7, 11) is 0. The van der Waals surface area contributed by atoms with Crippen LogP contribution in [0.3, 0.4) is 0 Å². The lowest BCUT2D eigenvalue weighted by molar-refractivity contribution is 0.413. The Kier molecular flexibility index (Phi) is 3.51. The Balaban J connectivity index is 2.31. The molecule has 0 atom stereocenters. The molecule has 0 unspecified atom stereocenters. The number of nitrogens with zero attached hydrogens (tertiary/aromatic N) is 2. The van der Waals surface area contributed by atoms with E-state index in [2.05, 4.69) is 20.9 Å². The molecule has 0 N–H and O–H groups in total. The maximum atomic E-state index is 6.00. The Morgan fingerprint density at radius 1 is 1.44 bits per heavy atom. The predicted octanol–water partition coefficient (Wildman–Crippen LogP) is 4.11. The molecule has 1 heterocycles. The maximum Gasteiger partial charge on any atom is 0.302 e. The lowest BCUT2D eigenvalue weighted by Crippen LogP contribution is -1.98. The monoisotopic (exact) mass is 300 g/mol. The highest BCUT2D eigenvalue weighted by Crippen LogP contribution is 2.29. The summed E-state index contributed by atoms with van der Waals surface area (Å²) in [5, 5.41) is 0.573. The summed E-state index contributed by atoms with van der Waals surface area (Å²) in [4.78, 5) is 4.16. The molecule has 0 spiro atoms. The molecular formula is C11H10BrClN2O. The lowest BCUT2D eigenvalue weighted by atomic mass is 10.3. The van der Waals surface area contributed by atoms with E-state index in [1.165, 1.54) is 0 Å². The highest BCUT2D eigenvalue weighted by Gasteiger charge is 2.10. The molecule has 0 saturated carbocycles. The van der Waals surface area contributed by atoms with Gasteiger partial charge in [0, 0.05) is 6.54 Å². The number of para-hydroxylation sites is 1. The largest absolute Gasteiger partial charge is 0.424 e. The predicted molar refractivity (Wildman–Crippen MR) is 67.1 cm³/mol. The van der Waals surface area contributed by atoms with E-state index < -0.39 is 0 Å². The van der Waals surface area contributed by atoms with Gasteiger partial charge in [0.2, 0.25) is 0 Å². The minimum atomic E-state index is 0.530. The Labute approximate surface area is 107 Å². The Morgan fingerprint density at radius 3 is 2.88 bits per heavy atom. The van der Waals surface area contributed by atoms with E-state index in [0.717, 1.165) is 11.1 Å². The van der Waals surface area contributed by atoms with Crippen molar-refractivity contribution in [3.8, 4) is 11.8 Å². The van der Waals surface area contributed by atoms with Crippen LogP contribution in [0, 0.1) is 0 Å². The van der Waals surface area contributed by atoms with Gasteiger partial charge in [-0.2, -0.15) is 0 Å². The summed E-state index contributed by atoms with van der Waals surface area (Å²) in [5.74, 6) is 0.608. The van der Waals surface area contributed by atoms with Gasteiger partial charge in [-0.3, -0.25) is 4.57 Å². The van der Waals surface area contributed by atoms with Crippen molar-refractivity contribution in [3.05, 3.63) is 40.1 Å². The van der Waals surface area contributed by atoms with Gasteiger partial charge < -0.3 is 4.74 Å². The fourth-order valence-corrected chi connectivity index (χ4v) is 2.01. The van der Waals surface area contributed by atoms with Gasteiger partial charge in [-0.25, -0.2) is 4.98 Å². The van der Waals surface area contributed by atoms with Crippen molar-refractivity contribution in [1.29, 1.82) is 0 Å². The van der Waals surface area contributed by atoms with E-state index in [9.17, 15) is 0 Å². The van der Waals surface area contributed by atoms with Crippen molar-refractivity contribution in [2.24, 2.45) is 0 Å². The summed E-state index contributed by atoms with van der Waals surface area (Å²) in [6.45, 7) is 2.80. The molecule has 0 aliphatic heterocycles. The van der Waals surface area contributed by atoms with Crippen molar-refractivity contribution < 1.29 is 4.74 Å². The number of halogens is 2. The SMILES string of the molecule is CCn1c(Br)cnc1Oc1ccccc1Cl. The van der Waals surface area contributed by atoms with E-state index in [4.69, 9.17) is 16.3 Å². The first kappa shape index (κ1) is 11.5. The average Bonchev–Trinajstić information content (AvgIpc) is 2.63. The van der Waals surface area contributed by atoms with Gasteiger partial charge in [0.15, 0.2) is 0 Å². The lowest BCUT2D eigenvalue weighted by Gasteiger charge is -2.08. The molecule has 0 aliphatic rings. The van der Waals surface area contributed by atoms with Crippen LogP contribution in [-0.2, 0) is 6.54 Å². The zero-order valence-electron chi connectivity index (χ0n) is 8.65. The van der Waals surface area contributed by atoms with Gasteiger partial charge in [0.25, 0.3) is 0 Å². The van der Waals surface area contributed by atoms with Crippen LogP contribution in [0.15, 0.2) is 35.1 Å². The average molecular weight is 302 g/mol. The van der Waals surface area contributed by atoms with E-state index in [1.54, 1.807) is 12.3 Å². The number of benzene rings is 1. The van der Waals surface area contributed by atoms with Crippen LogP contribution in [0.25, 0.3) is 0 Å². The molecule has 1 aromatic heterocycles. The summed E-state index contributed by atoms with van der Waals surface area (Å²) in [6.07, 6.45) is 1.70. The van der Waals surface area contributed by atoms with Crippen LogP contribution in [0.1, 0.15) is 6.92 Å². The van der Waals surface area contributed by atoms with Gasteiger partial charge in [0.1, 0.15) is 10.4 Å². The Morgan fingerprint density at radius 2 is 2.19 bits per heavy atom. The van der Waals surface area contributed by atoms with Crippen molar-refractivity contribution in [2.45, 2.75) is 13.5 Å². The molecule has 0 amide bonds. The zero-order valence-corrected chi connectivity index (χ0v) is 11.0. The van der Waals surface area contributed by atoms with Crippen LogP contribution in [-0.4, -0.2) is 9.55 Å². The fraction of sp³-hybridized carbons (Fsp3) is 0.182. The summed E-state index contributed by atoms with van der Waals surface area (Å²) in [6, 6.07) is 7.85. The third-order valence-electron chi connectivity index (χ3n) is 2.12. The Hall–Kier alpha value is -1.00. The highest BCUT2D eigenvalue weighted by atomic mass is 79.9. The van der Waals surface area contributed by atoms with E-state index in [-0.39, 0.29) is 0 Å². The molecule has 16 heavy (non-hydrogen) atoms. The molecule has 3 nitrogen and oxygen atoms in total. The van der Waals surface area contributed by atoms with Crippen LogP contribution >= 0.6 is 27.5 Å². The molecule has 0 aliphatic carbocycles. The second-order valence-corrected chi connectivity index (χ2v) is 4.36. The van der Waals surface area contributed by atoms with Gasteiger partial charge in [0.05, 0.1) is 11.2 Å². The Bertz CT molecular complexity index is 498. The van der Waals surface area contributed by atoms with Crippen LogP contribution in [0.5, 0.6) is 11.8 Å². The minimum Gasteiger partial charge on any atom is -0.424 e. The van der Waals surface area contributed by atoms with E-state index in [0.29, 0.717) is 16.8 Å². The smallest absolute Gasteiger partial charge is 0.302 e. The second kappa shape index (κ2) is 4.89. The van der Waals surface area contributed by atoms with Crippen molar-refractivity contribution in [1.82, 2.24) is 9.55 Å². The number of hydrogen-bond donors (Lipinski definition) is 0. The minimum absolute atomic E-state index is 0.530. The second-order valence-electron chi connectivity index (χ2n) is 3.14. The number of ether oxygens (including phenoxy) is 1. The van der Waals surface area contributed by atoms with Crippen LogP contribution < -0.4 is 4.74 Å². The third kappa shape index (κ3) is 2.23. The normalized spacial score (nSPS) is 10.4. The summed E-state index contributed by atoms with van der Waals surface area (Å²) in [5.41, 5.74) is 0. The van der Waals surface area contributed by atoms with Crippen molar-refractivity contribution >= 4 is 27.5 Å². The molecule has 2 aromatic rings. The van der Waals surface area contributed by atoms with Gasteiger partial charge in [-0.15, -0.1) is 0 Å². The molecule has 0 bridgehead atoms. The van der Waals surface area contributed by atoms with Gasteiger partial charge in [-0.1, -0.05) is 23.7 Å².